The fourth-order valence-corrected chi connectivity index (χ4v) is 2.75. The summed E-state index contributed by atoms with van der Waals surface area (Å²) in [5, 5.41) is 0. The lowest BCUT2D eigenvalue weighted by Crippen LogP contribution is -2.07. The summed E-state index contributed by atoms with van der Waals surface area (Å²) in [5.74, 6) is 0.303. The molecule has 98 valence electrons. The van der Waals surface area contributed by atoms with Crippen LogP contribution in [0.5, 0.6) is 0 Å². The molecule has 0 saturated carbocycles. The van der Waals surface area contributed by atoms with Crippen molar-refractivity contribution in [3.63, 3.8) is 0 Å². The molecule has 2 rings (SSSR count). The van der Waals surface area contributed by atoms with Gasteiger partial charge in [-0.25, -0.2) is 0 Å². The summed E-state index contributed by atoms with van der Waals surface area (Å²) < 4.78 is 0. The number of hydrogen-bond acceptors (Lipinski definition) is 0. The van der Waals surface area contributed by atoms with E-state index in [1.54, 1.807) is 0 Å². The maximum absolute atomic E-state index is 4.22. The molecule has 0 heterocycles. The monoisotopic (exact) mass is 250 g/mol. The highest BCUT2D eigenvalue weighted by Gasteiger charge is 2.18. The van der Waals surface area contributed by atoms with E-state index in [1.807, 2.05) is 0 Å². The van der Waals surface area contributed by atoms with Crippen molar-refractivity contribution in [2.45, 2.75) is 33.1 Å². The van der Waals surface area contributed by atoms with Gasteiger partial charge in [-0.3, -0.25) is 0 Å². The molecule has 0 N–H and O–H groups in total. The summed E-state index contributed by atoms with van der Waals surface area (Å²) >= 11 is 0. The first kappa shape index (κ1) is 13.6. The molecule has 0 nitrogen and oxygen atoms in total. The van der Waals surface area contributed by atoms with E-state index in [0.29, 0.717) is 5.92 Å². The Hall–Kier alpha value is -1.82. The maximum atomic E-state index is 4.22. The molecule has 0 spiro atoms. The zero-order valence-corrected chi connectivity index (χ0v) is 12.1. The van der Waals surface area contributed by atoms with Crippen molar-refractivity contribution in [2.75, 3.05) is 0 Å². The van der Waals surface area contributed by atoms with Gasteiger partial charge in [-0.1, -0.05) is 67.6 Å². The average Bonchev–Trinajstić information content (AvgIpc) is 2.41. The molecule has 2 aromatic carbocycles. The van der Waals surface area contributed by atoms with Crippen molar-refractivity contribution >= 4 is 0 Å². The minimum atomic E-state index is 0.303. The van der Waals surface area contributed by atoms with Crippen LogP contribution in [-0.4, -0.2) is 0 Å². The number of rotatable bonds is 4. The van der Waals surface area contributed by atoms with Crippen molar-refractivity contribution in [2.24, 2.45) is 0 Å². The van der Waals surface area contributed by atoms with Gasteiger partial charge in [-0.05, 0) is 42.5 Å². The Labute approximate surface area is 116 Å². The third kappa shape index (κ3) is 2.78. The number of aryl methyl sites for hydroxylation is 2. The van der Waals surface area contributed by atoms with Gasteiger partial charge in [-0.15, -0.1) is 0 Å². The van der Waals surface area contributed by atoms with Crippen LogP contribution < -0.4 is 0 Å². The molecular weight excluding hydrogens is 228 g/mol. The molecule has 0 heteroatoms. The smallest absolute Gasteiger partial charge is 0.0299 e. The normalized spacial score (nSPS) is 12.2. The van der Waals surface area contributed by atoms with Gasteiger partial charge >= 0.3 is 0 Å². The number of hydrogen-bond donors (Lipinski definition) is 0. The Bertz CT molecular complexity index is 578. The highest BCUT2D eigenvalue weighted by atomic mass is 14.2. The fraction of sp³-hybridized carbons (Fsp3) is 0.263. The average molecular weight is 250 g/mol. The second kappa shape index (κ2) is 5.88. The van der Waals surface area contributed by atoms with Crippen molar-refractivity contribution in [3.8, 4) is 0 Å². The van der Waals surface area contributed by atoms with Gasteiger partial charge in [0.05, 0.1) is 0 Å². The largest absolute Gasteiger partial charge is 0.0992 e. The molecule has 1 atom stereocenters. The summed E-state index contributed by atoms with van der Waals surface area (Å²) in [6.45, 7) is 10.7. The summed E-state index contributed by atoms with van der Waals surface area (Å²) in [5.41, 5.74) is 6.72. The molecule has 19 heavy (non-hydrogen) atoms. The molecule has 0 aliphatic carbocycles. The topological polar surface area (TPSA) is 0 Å². The van der Waals surface area contributed by atoms with Gasteiger partial charge in [0.25, 0.3) is 0 Å². The molecule has 0 fully saturated rings. The van der Waals surface area contributed by atoms with Crippen LogP contribution in [-0.2, 0) is 6.42 Å². The molecule has 2 aromatic rings. The predicted molar refractivity (Wildman–Crippen MR) is 83.7 cm³/mol. The highest BCUT2D eigenvalue weighted by molar-refractivity contribution is 5.46. The van der Waals surface area contributed by atoms with Gasteiger partial charge in [-0.2, -0.15) is 0 Å². The van der Waals surface area contributed by atoms with Crippen LogP contribution in [0, 0.1) is 6.92 Å². The molecule has 0 amide bonds. The van der Waals surface area contributed by atoms with Gasteiger partial charge in [0, 0.05) is 5.92 Å². The predicted octanol–water partition coefficient (Wildman–Crippen LogP) is 5.27. The molecule has 1 unspecified atom stereocenters. The minimum Gasteiger partial charge on any atom is -0.0992 e. The summed E-state index contributed by atoms with van der Waals surface area (Å²) in [4.78, 5) is 0. The minimum absolute atomic E-state index is 0.303. The van der Waals surface area contributed by atoms with Crippen LogP contribution in [0.15, 0.2) is 60.7 Å². The molecule has 0 aliphatic heterocycles. The van der Waals surface area contributed by atoms with E-state index >= 15 is 0 Å². The van der Waals surface area contributed by atoms with Crippen molar-refractivity contribution in [1.29, 1.82) is 0 Å². The van der Waals surface area contributed by atoms with Crippen LogP contribution in [0.1, 0.15) is 42.0 Å². The zero-order chi connectivity index (χ0) is 13.8. The zero-order valence-electron chi connectivity index (χ0n) is 12.1. The van der Waals surface area contributed by atoms with Gasteiger partial charge in [0.2, 0.25) is 0 Å². The lowest BCUT2D eigenvalue weighted by atomic mass is 9.81. The van der Waals surface area contributed by atoms with E-state index < -0.39 is 0 Å². The summed E-state index contributed by atoms with van der Waals surface area (Å²) in [6.07, 6.45) is 1.06. The van der Waals surface area contributed by atoms with Crippen LogP contribution in [0.2, 0.25) is 0 Å². The third-order valence-corrected chi connectivity index (χ3v) is 3.74. The quantitative estimate of drug-likeness (QED) is 0.649. The fourth-order valence-electron chi connectivity index (χ4n) is 2.75. The first-order valence-corrected chi connectivity index (χ1v) is 6.93. The van der Waals surface area contributed by atoms with Crippen molar-refractivity contribution in [3.05, 3.63) is 82.9 Å². The van der Waals surface area contributed by atoms with Gasteiger partial charge in [0.15, 0.2) is 0 Å². The highest BCUT2D eigenvalue weighted by Crippen LogP contribution is 2.34. The molecule has 0 radical (unpaired) electrons. The molecule has 0 aromatic heterocycles. The SMILES string of the molecule is C=C(C)C(c1ccccc1C)c1ccccc1CC. The van der Waals surface area contributed by atoms with E-state index in [2.05, 4.69) is 75.9 Å². The van der Waals surface area contributed by atoms with E-state index in [-0.39, 0.29) is 0 Å². The molecule has 0 saturated heterocycles. The second-order valence-corrected chi connectivity index (χ2v) is 5.19. The number of benzene rings is 2. The molecule has 0 aliphatic rings. The van der Waals surface area contributed by atoms with E-state index in [1.165, 1.54) is 27.8 Å². The first-order valence-electron chi connectivity index (χ1n) is 6.93. The lowest BCUT2D eigenvalue weighted by molar-refractivity contribution is 0.909. The Morgan fingerprint density at radius 3 is 2.16 bits per heavy atom. The van der Waals surface area contributed by atoms with Crippen LogP contribution in [0.25, 0.3) is 0 Å². The van der Waals surface area contributed by atoms with E-state index in [4.69, 9.17) is 0 Å². The van der Waals surface area contributed by atoms with Gasteiger partial charge in [0.1, 0.15) is 0 Å². The lowest BCUT2D eigenvalue weighted by Gasteiger charge is -2.23. The van der Waals surface area contributed by atoms with E-state index in [9.17, 15) is 0 Å². The van der Waals surface area contributed by atoms with Crippen LogP contribution >= 0.6 is 0 Å². The van der Waals surface area contributed by atoms with E-state index in [0.717, 1.165) is 6.42 Å². The Balaban J connectivity index is 2.59. The Kier molecular flexibility index (Phi) is 4.21. The molecular formula is C19H22. The third-order valence-electron chi connectivity index (χ3n) is 3.74. The Morgan fingerprint density at radius 2 is 1.58 bits per heavy atom. The molecule has 0 bridgehead atoms. The Morgan fingerprint density at radius 1 is 1.00 bits per heavy atom. The van der Waals surface area contributed by atoms with Crippen LogP contribution in [0.4, 0.5) is 0 Å². The first-order chi connectivity index (χ1) is 9.15. The second-order valence-electron chi connectivity index (χ2n) is 5.19. The van der Waals surface area contributed by atoms with Crippen molar-refractivity contribution in [1.82, 2.24) is 0 Å². The maximum Gasteiger partial charge on any atom is 0.0299 e. The summed E-state index contributed by atoms with van der Waals surface area (Å²) in [6, 6.07) is 17.3. The van der Waals surface area contributed by atoms with Crippen LogP contribution in [0.3, 0.4) is 0 Å². The summed E-state index contributed by atoms with van der Waals surface area (Å²) in [7, 11) is 0. The standard InChI is InChI=1S/C19H22/c1-5-16-11-7-9-13-18(16)19(14(2)3)17-12-8-6-10-15(17)4/h6-13,19H,2,5H2,1,3-4H3. The van der Waals surface area contributed by atoms with Gasteiger partial charge < -0.3 is 0 Å². The number of allylic oxidation sites excluding steroid dienone is 1. The van der Waals surface area contributed by atoms with Crippen molar-refractivity contribution < 1.29 is 0 Å².